The average Bonchev–Trinajstić information content (AvgIpc) is 2.64. The van der Waals surface area contributed by atoms with E-state index in [0.29, 0.717) is 6.42 Å². The lowest BCUT2D eigenvalue weighted by atomic mass is 10.3. The number of nitrogens with zero attached hydrogens (tertiary/aromatic N) is 2. The Labute approximate surface area is 116 Å². The highest BCUT2D eigenvalue weighted by Crippen LogP contribution is 2.10. The summed E-state index contributed by atoms with van der Waals surface area (Å²) < 4.78 is 22.8. The average molecular weight is 290 g/mol. The Kier molecular flexibility index (Phi) is 6.57. The zero-order chi connectivity index (χ0) is 14.3. The van der Waals surface area contributed by atoms with Crippen molar-refractivity contribution in [3.8, 4) is 0 Å². The minimum absolute atomic E-state index is 0.00310. The fraction of sp³-hybridized carbons (Fsp3) is 0.917. The SMILES string of the molecule is CCNC(=NCCCN(C)C)NC1CCS(=O)(=O)C1. The predicted molar refractivity (Wildman–Crippen MR) is 79.3 cm³/mol. The van der Waals surface area contributed by atoms with E-state index in [2.05, 4.69) is 20.5 Å². The van der Waals surface area contributed by atoms with Crippen LogP contribution >= 0.6 is 0 Å². The van der Waals surface area contributed by atoms with Gasteiger partial charge in [0, 0.05) is 19.1 Å². The van der Waals surface area contributed by atoms with E-state index in [4.69, 9.17) is 0 Å². The van der Waals surface area contributed by atoms with Crippen molar-refractivity contribution in [2.24, 2.45) is 4.99 Å². The summed E-state index contributed by atoms with van der Waals surface area (Å²) in [5, 5.41) is 6.36. The summed E-state index contributed by atoms with van der Waals surface area (Å²) >= 11 is 0. The standard InChI is InChI=1S/C12H26N4O2S/c1-4-13-12(14-7-5-8-16(2)3)15-11-6-9-19(17,18)10-11/h11H,4-10H2,1-3H3,(H2,13,14,15). The number of hydrogen-bond donors (Lipinski definition) is 2. The quantitative estimate of drug-likeness (QED) is 0.398. The molecule has 19 heavy (non-hydrogen) atoms. The minimum atomic E-state index is -2.84. The first-order chi connectivity index (χ1) is 8.93. The maximum absolute atomic E-state index is 11.4. The fourth-order valence-corrected chi connectivity index (χ4v) is 3.67. The molecule has 1 unspecified atom stereocenters. The van der Waals surface area contributed by atoms with Crippen LogP contribution in [0, 0.1) is 0 Å². The zero-order valence-corrected chi connectivity index (χ0v) is 13.0. The second-order valence-corrected chi connectivity index (χ2v) is 7.39. The van der Waals surface area contributed by atoms with Crippen LogP contribution in [0.4, 0.5) is 0 Å². The van der Waals surface area contributed by atoms with E-state index in [-0.39, 0.29) is 17.5 Å². The molecule has 0 aromatic carbocycles. The molecule has 1 atom stereocenters. The maximum atomic E-state index is 11.4. The van der Waals surface area contributed by atoms with E-state index in [1.54, 1.807) is 0 Å². The summed E-state index contributed by atoms with van der Waals surface area (Å²) in [4.78, 5) is 6.59. The van der Waals surface area contributed by atoms with Crippen molar-refractivity contribution >= 4 is 15.8 Å². The topological polar surface area (TPSA) is 73.8 Å². The molecule has 2 N–H and O–H groups in total. The van der Waals surface area contributed by atoms with E-state index in [0.717, 1.165) is 32.0 Å². The minimum Gasteiger partial charge on any atom is -0.357 e. The Balaban J connectivity index is 2.41. The number of rotatable bonds is 6. The first kappa shape index (κ1) is 16.2. The molecule has 1 rings (SSSR count). The molecule has 0 saturated carbocycles. The Morgan fingerprint density at radius 2 is 2.16 bits per heavy atom. The van der Waals surface area contributed by atoms with Crippen LogP contribution in [0.3, 0.4) is 0 Å². The Morgan fingerprint density at radius 1 is 1.42 bits per heavy atom. The van der Waals surface area contributed by atoms with E-state index in [1.807, 2.05) is 21.0 Å². The second kappa shape index (κ2) is 7.69. The fourth-order valence-electron chi connectivity index (χ4n) is 2.00. The van der Waals surface area contributed by atoms with Gasteiger partial charge in [-0.05, 0) is 40.4 Å². The Hall–Kier alpha value is -0.820. The molecule has 0 bridgehead atoms. The molecular formula is C12H26N4O2S. The van der Waals surface area contributed by atoms with Crippen LogP contribution in [-0.2, 0) is 9.84 Å². The third kappa shape index (κ3) is 6.77. The van der Waals surface area contributed by atoms with Gasteiger partial charge in [-0.3, -0.25) is 4.99 Å². The first-order valence-electron chi connectivity index (χ1n) is 6.83. The molecule has 1 saturated heterocycles. The van der Waals surface area contributed by atoms with Gasteiger partial charge in [-0.1, -0.05) is 0 Å². The molecule has 1 aliphatic heterocycles. The molecule has 0 radical (unpaired) electrons. The van der Waals surface area contributed by atoms with Crippen molar-refractivity contribution in [2.75, 3.05) is 45.2 Å². The molecule has 112 valence electrons. The van der Waals surface area contributed by atoms with Gasteiger partial charge >= 0.3 is 0 Å². The largest absolute Gasteiger partial charge is 0.357 e. The summed E-state index contributed by atoms with van der Waals surface area (Å²) in [6.45, 7) is 4.52. The highest BCUT2D eigenvalue weighted by Gasteiger charge is 2.28. The summed E-state index contributed by atoms with van der Waals surface area (Å²) in [7, 11) is 1.23. The maximum Gasteiger partial charge on any atom is 0.191 e. The highest BCUT2D eigenvalue weighted by atomic mass is 32.2. The van der Waals surface area contributed by atoms with Crippen molar-refractivity contribution in [2.45, 2.75) is 25.8 Å². The lowest BCUT2D eigenvalue weighted by Crippen LogP contribution is -2.44. The van der Waals surface area contributed by atoms with Crippen LogP contribution in [0.15, 0.2) is 4.99 Å². The van der Waals surface area contributed by atoms with Gasteiger partial charge in [0.2, 0.25) is 0 Å². The molecule has 0 aromatic heterocycles. The molecule has 0 aromatic rings. The zero-order valence-electron chi connectivity index (χ0n) is 12.1. The van der Waals surface area contributed by atoms with Gasteiger partial charge in [-0.2, -0.15) is 0 Å². The number of hydrogen-bond acceptors (Lipinski definition) is 4. The van der Waals surface area contributed by atoms with Crippen molar-refractivity contribution in [3.05, 3.63) is 0 Å². The smallest absolute Gasteiger partial charge is 0.191 e. The van der Waals surface area contributed by atoms with E-state index >= 15 is 0 Å². The van der Waals surface area contributed by atoms with Gasteiger partial charge in [0.25, 0.3) is 0 Å². The molecule has 7 heteroatoms. The molecule has 1 aliphatic rings. The van der Waals surface area contributed by atoms with E-state index in [9.17, 15) is 8.42 Å². The van der Waals surface area contributed by atoms with E-state index < -0.39 is 9.84 Å². The van der Waals surface area contributed by atoms with Gasteiger partial charge in [0.1, 0.15) is 0 Å². The van der Waals surface area contributed by atoms with Gasteiger partial charge in [-0.25, -0.2) is 8.42 Å². The number of guanidine groups is 1. The van der Waals surface area contributed by atoms with Gasteiger partial charge in [0.05, 0.1) is 11.5 Å². The third-order valence-corrected chi connectivity index (χ3v) is 4.72. The lowest BCUT2D eigenvalue weighted by molar-refractivity contribution is 0.403. The van der Waals surface area contributed by atoms with E-state index in [1.165, 1.54) is 0 Å². The highest BCUT2D eigenvalue weighted by molar-refractivity contribution is 7.91. The number of aliphatic imine (C=N–C) groups is 1. The Bertz CT molecular complexity index is 393. The lowest BCUT2D eigenvalue weighted by Gasteiger charge is -2.16. The molecule has 0 spiro atoms. The van der Waals surface area contributed by atoms with Crippen molar-refractivity contribution < 1.29 is 8.42 Å². The molecule has 0 aliphatic carbocycles. The first-order valence-corrected chi connectivity index (χ1v) is 8.65. The molecule has 1 fully saturated rings. The number of sulfone groups is 1. The summed E-state index contributed by atoms with van der Waals surface area (Å²) in [5.41, 5.74) is 0. The summed E-state index contributed by atoms with van der Waals surface area (Å²) in [6, 6.07) is -0.00310. The van der Waals surface area contributed by atoms with Gasteiger partial charge in [-0.15, -0.1) is 0 Å². The Morgan fingerprint density at radius 3 is 2.68 bits per heavy atom. The monoisotopic (exact) mass is 290 g/mol. The predicted octanol–water partition coefficient (Wildman–Crippen LogP) is -0.320. The summed E-state index contributed by atoms with van der Waals surface area (Å²) in [6.07, 6.45) is 1.66. The van der Waals surface area contributed by atoms with Gasteiger partial charge in [0.15, 0.2) is 15.8 Å². The number of nitrogens with one attached hydrogen (secondary N) is 2. The third-order valence-electron chi connectivity index (χ3n) is 2.95. The van der Waals surface area contributed by atoms with Gasteiger partial charge < -0.3 is 15.5 Å². The van der Waals surface area contributed by atoms with Crippen molar-refractivity contribution in [3.63, 3.8) is 0 Å². The molecule has 1 heterocycles. The van der Waals surface area contributed by atoms with Crippen molar-refractivity contribution in [1.82, 2.24) is 15.5 Å². The normalized spacial score (nSPS) is 22.7. The van der Waals surface area contributed by atoms with Crippen LogP contribution < -0.4 is 10.6 Å². The van der Waals surface area contributed by atoms with Crippen molar-refractivity contribution in [1.29, 1.82) is 0 Å². The van der Waals surface area contributed by atoms with Crippen LogP contribution in [0.2, 0.25) is 0 Å². The molecule has 0 amide bonds. The second-order valence-electron chi connectivity index (χ2n) is 5.16. The van der Waals surface area contributed by atoms with Crippen LogP contribution in [0.1, 0.15) is 19.8 Å². The van der Waals surface area contributed by atoms with Crippen LogP contribution in [-0.4, -0.2) is 70.6 Å². The van der Waals surface area contributed by atoms with Crippen LogP contribution in [0.5, 0.6) is 0 Å². The van der Waals surface area contributed by atoms with Crippen LogP contribution in [0.25, 0.3) is 0 Å². The molecular weight excluding hydrogens is 264 g/mol. The molecule has 6 nitrogen and oxygen atoms in total. The summed E-state index contributed by atoms with van der Waals surface area (Å²) in [5.74, 6) is 1.23.